The highest BCUT2D eigenvalue weighted by molar-refractivity contribution is 9.10. The van der Waals surface area contributed by atoms with Gasteiger partial charge in [-0.25, -0.2) is 0 Å². The van der Waals surface area contributed by atoms with Crippen LogP contribution in [0.5, 0.6) is 5.75 Å². The van der Waals surface area contributed by atoms with E-state index in [9.17, 15) is 8.78 Å². The molecule has 2 rings (SSSR count). The molecule has 0 atom stereocenters. The van der Waals surface area contributed by atoms with Crippen LogP contribution < -0.4 is 15.8 Å². The highest BCUT2D eigenvalue weighted by atomic mass is 79.9. The summed E-state index contributed by atoms with van der Waals surface area (Å²) in [5.74, 6) is 0.0981. The van der Waals surface area contributed by atoms with Crippen LogP contribution in [0.4, 0.5) is 20.2 Å². The normalized spacial score (nSPS) is 10.5. The zero-order valence-electron chi connectivity index (χ0n) is 10.6. The molecule has 0 fully saturated rings. The van der Waals surface area contributed by atoms with Crippen LogP contribution in [0.15, 0.2) is 46.9 Å². The first kappa shape index (κ1) is 15.7. The van der Waals surface area contributed by atoms with Crippen LogP contribution in [0.25, 0.3) is 0 Å². The first-order valence-electron chi connectivity index (χ1n) is 5.87. The lowest BCUT2D eigenvalue weighted by Crippen LogP contribution is -2.12. The summed E-state index contributed by atoms with van der Waals surface area (Å²) >= 11 is 8.36. The molecule has 0 saturated heterocycles. The SMILES string of the molecule is NC(=S)c1cc(Br)ccc1Nc1ccc(OC(F)F)cc1. The minimum atomic E-state index is -2.84. The van der Waals surface area contributed by atoms with Crippen LogP contribution in [-0.2, 0) is 0 Å². The van der Waals surface area contributed by atoms with E-state index in [-0.39, 0.29) is 10.7 Å². The summed E-state index contributed by atoms with van der Waals surface area (Å²) in [7, 11) is 0. The van der Waals surface area contributed by atoms with E-state index in [0.29, 0.717) is 11.3 Å². The molecule has 0 radical (unpaired) electrons. The second-order valence-corrected chi connectivity index (χ2v) is 5.44. The second kappa shape index (κ2) is 6.82. The van der Waals surface area contributed by atoms with Gasteiger partial charge in [-0.15, -0.1) is 0 Å². The third-order valence-electron chi connectivity index (χ3n) is 2.61. The summed E-state index contributed by atoms with van der Waals surface area (Å²) in [5, 5.41) is 3.13. The van der Waals surface area contributed by atoms with Crippen molar-refractivity contribution in [2.45, 2.75) is 6.61 Å². The fraction of sp³-hybridized carbons (Fsp3) is 0.0714. The maximum Gasteiger partial charge on any atom is 0.387 e. The van der Waals surface area contributed by atoms with E-state index in [1.165, 1.54) is 12.1 Å². The van der Waals surface area contributed by atoms with Crippen LogP contribution in [0.2, 0.25) is 0 Å². The first-order valence-corrected chi connectivity index (χ1v) is 7.07. The molecule has 0 aliphatic carbocycles. The molecule has 0 aliphatic heterocycles. The second-order valence-electron chi connectivity index (χ2n) is 4.08. The highest BCUT2D eigenvalue weighted by Gasteiger charge is 2.07. The van der Waals surface area contributed by atoms with E-state index >= 15 is 0 Å². The summed E-state index contributed by atoms with van der Waals surface area (Å²) in [4.78, 5) is 0.261. The van der Waals surface area contributed by atoms with Gasteiger partial charge in [0.1, 0.15) is 10.7 Å². The minimum absolute atomic E-state index is 0.0981. The van der Waals surface area contributed by atoms with Gasteiger partial charge in [-0.1, -0.05) is 28.1 Å². The molecule has 3 N–H and O–H groups in total. The minimum Gasteiger partial charge on any atom is -0.435 e. The molecule has 0 amide bonds. The van der Waals surface area contributed by atoms with E-state index in [0.717, 1.165) is 10.2 Å². The smallest absolute Gasteiger partial charge is 0.387 e. The Kier molecular flexibility index (Phi) is 5.08. The van der Waals surface area contributed by atoms with Crippen LogP contribution in [0.1, 0.15) is 5.56 Å². The Labute approximate surface area is 134 Å². The molecule has 0 heterocycles. The number of hydrogen-bond acceptors (Lipinski definition) is 3. The number of benzene rings is 2. The number of hydrogen-bond donors (Lipinski definition) is 2. The third kappa shape index (κ3) is 4.37. The van der Waals surface area contributed by atoms with Gasteiger partial charge in [0, 0.05) is 21.4 Å². The van der Waals surface area contributed by atoms with Crippen LogP contribution >= 0.6 is 28.1 Å². The summed E-state index contributed by atoms with van der Waals surface area (Å²) in [6.45, 7) is -2.84. The van der Waals surface area contributed by atoms with Gasteiger partial charge in [0.05, 0.1) is 0 Å². The molecular formula is C14H11BrF2N2OS. The van der Waals surface area contributed by atoms with E-state index in [2.05, 4.69) is 26.0 Å². The van der Waals surface area contributed by atoms with Crippen molar-refractivity contribution in [3.63, 3.8) is 0 Å². The van der Waals surface area contributed by atoms with Crippen molar-refractivity contribution < 1.29 is 13.5 Å². The Bertz CT molecular complexity index is 650. The lowest BCUT2D eigenvalue weighted by atomic mass is 10.1. The van der Waals surface area contributed by atoms with Gasteiger partial charge in [0.25, 0.3) is 0 Å². The van der Waals surface area contributed by atoms with Crippen LogP contribution in [0.3, 0.4) is 0 Å². The van der Waals surface area contributed by atoms with Gasteiger partial charge in [0.15, 0.2) is 0 Å². The maximum absolute atomic E-state index is 12.1. The van der Waals surface area contributed by atoms with E-state index in [1.54, 1.807) is 18.2 Å². The number of ether oxygens (including phenoxy) is 1. The monoisotopic (exact) mass is 372 g/mol. The lowest BCUT2D eigenvalue weighted by molar-refractivity contribution is -0.0498. The summed E-state index contributed by atoms with van der Waals surface area (Å²) in [6.07, 6.45) is 0. The predicted molar refractivity (Wildman–Crippen MR) is 86.4 cm³/mol. The van der Waals surface area contributed by atoms with Gasteiger partial charge in [-0.2, -0.15) is 8.78 Å². The van der Waals surface area contributed by atoms with Gasteiger partial charge >= 0.3 is 6.61 Å². The number of thiocarbonyl (C=S) groups is 1. The van der Waals surface area contributed by atoms with Crippen molar-refractivity contribution in [2.24, 2.45) is 5.73 Å². The number of nitrogens with one attached hydrogen (secondary N) is 1. The molecule has 110 valence electrons. The third-order valence-corrected chi connectivity index (χ3v) is 3.32. The molecule has 7 heteroatoms. The zero-order valence-corrected chi connectivity index (χ0v) is 13.0. The molecule has 2 aromatic rings. The topological polar surface area (TPSA) is 47.3 Å². The van der Waals surface area contributed by atoms with Crippen molar-refractivity contribution in [2.75, 3.05) is 5.32 Å². The lowest BCUT2D eigenvalue weighted by Gasteiger charge is -2.12. The maximum atomic E-state index is 12.1. The Morgan fingerprint density at radius 3 is 2.43 bits per heavy atom. The number of rotatable bonds is 5. The summed E-state index contributed by atoms with van der Waals surface area (Å²) < 4.78 is 29.3. The predicted octanol–water partition coefficient (Wildman–Crippen LogP) is 4.43. The molecule has 0 aromatic heterocycles. The van der Waals surface area contributed by atoms with Crippen LogP contribution in [-0.4, -0.2) is 11.6 Å². The Morgan fingerprint density at radius 2 is 1.86 bits per heavy atom. The Balaban J connectivity index is 2.20. The number of halogens is 3. The molecule has 2 aromatic carbocycles. The van der Waals surface area contributed by atoms with Crippen molar-refractivity contribution in [3.8, 4) is 5.75 Å². The van der Waals surface area contributed by atoms with E-state index in [1.807, 2.05) is 12.1 Å². The summed E-state index contributed by atoms with van der Waals surface area (Å²) in [5.41, 5.74) is 7.81. The van der Waals surface area contributed by atoms with E-state index < -0.39 is 6.61 Å². The molecule has 0 aliphatic rings. The largest absolute Gasteiger partial charge is 0.435 e. The van der Waals surface area contributed by atoms with Gasteiger partial charge in [-0.3, -0.25) is 0 Å². The molecule has 21 heavy (non-hydrogen) atoms. The quantitative estimate of drug-likeness (QED) is 0.762. The van der Waals surface area contributed by atoms with Gasteiger partial charge < -0.3 is 15.8 Å². The first-order chi connectivity index (χ1) is 9.95. The fourth-order valence-corrected chi connectivity index (χ4v) is 2.23. The zero-order chi connectivity index (χ0) is 15.4. The van der Waals surface area contributed by atoms with Crippen molar-refractivity contribution in [3.05, 3.63) is 52.5 Å². The van der Waals surface area contributed by atoms with Crippen molar-refractivity contribution >= 4 is 44.5 Å². The molecule has 0 bridgehead atoms. The van der Waals surface area contributed by atoms with Crippen LogP contribution in [0, 0.1) is 0 Å². The average Bonchev–Trinajstić information content (AvgIpc) is 2.42. The van der Waals surface area contributed by atoms with Crippen molar-refractivity contribution in [1.82, 2.24) is 0 Å². The highest BCUT2D eigenvalue weighted by Crippen LogP contribution is 2.26. The van der Waals surface area contributed by atoms with Crippen molar-refractivity contribution in [1.29, 1.82) is 0 Å². The fourth-order valence-electron chi connectivity index (χ4n) is 1.70. The standard InChI is InChI=1S/C14H11BrF2N2OS/c15-8-1-6-12(11(7-8)13(18)21)19-9-2-4-10(5-3-9)20-14(16)17/h1-7,14,19H,(H2,18,21). The Hall–Kier alpha value is -1.73. The Morgan fingerprint density at radius 1 is 1.19 bits per heavy atom. The molecule has 3 nitrogen and oxygen atoms in total. The molecule has 0 saturated carbocycles. The summed E-state index contributed by atoms with van der Waals surface area (Å²) in [6, 6.07) is 11.6. The number of nitrogens with two attached hydrogens (primary N) is 1. The van der Waals surface area contributed by atoms with Gasteiger partial charge in [-0.05, 0) is 42.5 Å². The number of anilines is 2. The number of alkyl halides is 2. The van der Waals surface area contributed by atoms with E-state index in [4.69, 9.17) is 18.0 Å². The average molecular weight is 373 g/mol. The van der Waals surface area contributed by atoms with Gasteiger partial charge in [0.2, 0.25) is 0 Å². The molecule has 0 unspecified atom stereocenters. The molecule has 0 spiro atoms. The molecular weight excluding hydrogens is 362 g/mol.